The van der Waals surface area contributed by atoms with Gasteiger partial charge in [-0.1, -0.05) is 119 Å². The number of aldehydes is 1. The van der Waals surface area contributed by atoms with Gasteiger partial charge in [0.2, 0.25) is 0 Å². The highest BCUT2D eigenvalue weighted by molar-refractivity contribution is 8.15. The van der Waals surface area contributed by atoms with Crippen LogP contribution in [-0.2, 0) is 0 Å². The molecule has 1 aliphatic heterocycles. The van der Waals surface area contributed by atoms with Crippen LogP contribution in [0.5, 0.6) is 0 Å². The average molecular weight is 489 g/mol. The van der Waals surface area contributed by atoms with Gasteiger partial charge >= 0.3 is 0 Å². The van der Waals surface area contributed by atoms with Crippen molar-refractivity contribution in [3.63, 3.8) is 0 Å². The van der Waals surface area contributed by atoms with E-state index in [1.165, 1.54) is 0 Å². The Bertz CT molecular complexity index is 839. The summed E-state index contributed by atoms with van der Waals surface area (Å²) in [6.45, 7) is 28.4. The van der Waals surface area contributed by atoms with Crippen molar-refractivity contribution >= 4 is 54.1 Å². The van der Waals surface area contributed by atoms with E-state index < -0.39 is 42.7 Å². The van der Waals surface area contributed by atoms with E-state index in [0.29, 0.717) is 0 Å². The van der Waals surface area contributed by atoms with Gasteiger partial charge in [0.25, 0.3) is 0 Å². The summed E-state index contributed by atoms with van der Waals surface area (Å²) < 4.78 is 0. The number of rotatable bonds is 3. The lowest BCUT2D eigenvalue weighted by molar-refractivity contribution is 0.112. The number of carbonyl (C=O) groups is 1. The fourth-order valence-electron chi connectivity index (χ4n) is 7.38. The highest BCUT2D eigenvalue weighted by Crippen LogP contribution is 2.56. The molecule has 7 heteroatoms. The van der Waals surface area contributed by atoms with Crippen molar-refractivity contribution in [2.45, 2.75) is 71.0 Å². The van der Waals surface area contributed by atoms with Crippen LogP contribution in [0.2, 0.25) is 71.0 Å². The van der Waals surface area contributed by atoms with Gasteiger partial charge in [-0.25, -0.2) is 0 Å². The Morgan fingerprint density at radius 2 is 1.07 bits per heavy atom. The number of benzene rings is 1. The molecule has 0 atom stereocenters. The molecule has 158 valence electrons. The number of hydrogen-bond acceptors (Lipinski definition) is 1. The van der Waals surface area contributed by atoms with E-state index in [-0.39, 0.29) is 0 Å². The van der Waals surface area contributed by atoms with Gasteiger partial charge in [0.1, 0.15) is 6.29 Å². The van der Waals surface area contributed by atoms with E-state index in [2.05, 4.69) is 114 Å². The molecule has 3 rings (SSSR count). The zero-order valence-corrected chi connectivity index (χ0v) is 26.2. The van der Waals surface area contributed by atoms with Crippen molar-refractivity contribution < 1.29 is 4.79 Å². The van der Waals surface area contributed by atoms with Crippen LogP contribution in [0.25, 0.3) is 0 Å². The summed E-state index contributed by atoms with van der Waals surface area (Å²) in [7, 11) is -8.95. The molecule has 0 bridgehead atoms. The van der Waals surface area contributed by atoms with E-state index in [1.54, 1.807) is 5.19 Å². The van der Waals surface area contributed by atoms with Gasteiger partial charge in [0, 0.05) is 41.1 Å². The maximum Gasteiger partial charge on any atom is 0.150 e. The predicted octanol–water partition coefficient (Wildman–Crippen LogP) is 5.68. The Hall–Kier alpha value is -0.329. The maximum absolute atomic E-state index is 11.3. The van der Waals surface area contributed by atoms with Crippen molar-refractivity contribution in [1.29, 1.82) is 0 Å². The molecule has 1 aliphatic carbocycles. The number of carbonyl (C=O) groups excluding carboxylic acids is 1. The summed E-state index contributed by atoms with van der Waals surface area (Å²) in [5, 5.41) is 1.69. The second-order valence-electron chi connectivity index (χ2n) is 11.9. The van der Waals surface area contributed by atoms with Crippen LogP contribution >= 0.6 is 0 Å². The first kappa shape index (κ1) is 23.3. The van der Waals surface area contributed by atoms with Gasteiger partial charge in [-0.15, -0.1) is 0 Å². The normalized spacial score (nSPS) is 34.3. The first-order valence-electron chi connectivity index (χ1n) is 11.1. The minimum Gasteiger partial charge on any atom is -0.298 e. The molecule has 1 saturated heterocycles. The van der Waals surface area contributed by atoms with Crippen LogP contribution in [0.15, 0.2) is 48.6 Å². The Balaban J connectivity index is 2.35. The fraction of sp³-hybridized carbons (Fsp3) is 0.500. The lowest BCUT2D eigenvalue weighted by Gasteiger charge is -2.75. The van der Waals surface area contributed by atoms with Gasteiger partial charge in [-0.2, -0.15) is 0 Å². The summed E-state index contributed by atoms with van der Waals surface area (Å²) in [6, 6.07) is 8.97. The second kappa shape index (κ2) is 6.83. The lowest BCUT2D eigenvalue weighted by Crippen LogP contribution is -3.04. The van der Waals surface area contributed by atoms with Gasteiger partial charge in [-0.05, 0) is 5.54 Å². The van der Waals surface area contributed by atoms with Gasteiger partial charge in [-0.3, -0.25) is 4.79 Å². The number of allylic oxidation sites excluding steroid dienone is 4. The van der Waals surface area contributed by atoms with Gasteiger partial charge < -0.3 is 0 Å². The smallest absolute Gasteiger partial charge is 0.150 e. The Kier molecular flexibility index (Phi) is 5.50. The molecule has 0 aromatic heterocycles. The third-order valence-electron chi connectivity index (χ3n) is 11.3. The first-order valence-corrected chi connectivity index (χ1v) is 34.1. The molecule has 1 heterocycles. The molecule has 0 radical (unpaired) electrons. The van der Waals surface area contributed by atoms with E-state index in [1.807, 2.05) is 0 Å². The van der Waals surface area contributed by atoms with Gasteiger partial charge in [0.15, 0.2) is 0 Å². The summed E-state index contributed by atoms with van der Waals surface area (Å²) in [6.07, 6.45) is 10.9. The maximum atomic E-state index is 11.3. The molecule has 1 aromatic carbocycles. The van der Waals surface area contributed by atoms with Crippen LogP contribution in [0.3, 0.4) is 0 Å². The molecule has 2 aliphatic rings. The zero-order valence-electron chi connectivity index (χ0n) is 20.2. The second-order valence-corrected chi connectivity index (χ2v) is 82.0. The molecular weight excluding hydrogens is 449 g/mol. The summed E-state index contributed by atoms with van der Waals surface area (Å²) >= 11 is 0. The average Bonchev–Trinajstić information content (AvgIpc) is 3.20. The summed E-state index contributed by atoms with van der Waals surface area (Å²) in [4.78, 5) is 11.3. The third kappa shape index (κ3) is 2.54. The zero-order chi connectivity index (χ0) is 22.1. The van der Waals surface area contributed by atoms with E-state index >= 15 is 0 Å². The topological polar surface area (TPSA) is 17.1 Å². The molecule has 1 nitrogen and oxygen atoms in total. The highest BCUT2D eigenvalue weighted by atomic mass is 30.2. The summed E-state index contributed by atoms with van der Waals surface area (Å²) in [5.41, 5.74) is 1.61. The number of hydrogen-bond donors (Lipinski definition) is 0. The molecule has 1 fully saturated rings. The molecular formula is C22H40OSi6. The molecule has 29 heavy (non-hydrogen) atoms. The molecule has 0 saturated carbocycles. The van der Waals surface area contributed by atoms with Crippen molar-refractivity contribution in [2.24, 2.45) is 0 Å². The van der Waals surface area contributed by atoms with Crippen LogP contribution in [0.4, 0.5) is 0 Å². The quantitative estimate of drug-likeness (QED) is 0.395. The Morgan fingerprint density at radius 3 is 1.45 bits per heavy atom. The van der Waals surface area contributed by atoms with Crippen molar-refractivity contribution in [3.05, 3.63) is 54.1 Å². The molecule has 0 amide bonds. The first-order chi connectivity index (χ1) is 13.1. The Labute approximate surface area is 183 Å². The minimum atomic E-state index is -1.64. The molecule has 0 spiro atoms. The van der Waals surface area contributed by atoms with Crippen LogP contribution in [-0.4, -0.2) is 48.9 Å². The van der Waals surface area contributed by atoms with Crippen molar-refractivity contribution in [1.82, 2.24) is 0 Å². The molecule has 1 aromatic rings. The van der Waals surface area contributed by atoms with Crippen LogP contribution in [0, 0.1) is 0 Å². The van der Waals surface area contributed by atoms with Crippen LogP contribution < -0.4 is 5.19 Å². The monoisotopic (exact) mass is 488 g/mol. The van der Waals surface area contributed by atoms with Crippen LogP contribution in [0.1, 0.15) is 10.4 Å². The van der Waals surface area contributed by atoms with Crippen molar-refractivity contribution in [3.8, 4) is 0 Å². The fourth-order valence-corrected chi connectivity index (χ4v) is 252. The minimum absolute atomic E-state index is 0.778. The summed E-state index contributed by atoms with van der Waals surface area (Å²) in [5.74, 6) is 0. The SMILES string of the molecule is C[Si]1(C)[Si](C)(C)[Si](C)(C2C=CC=C2)[Si](C)(C)[Si](C)(C)[Si]1(C)c1ccc(C=O)cc1. The molecule has 0 N–H and O–H groups in total. The van der Waals surface area contributed by atoms with E-state index in [9.17, 15) is 4.79 Å². The van der Waals surface area contributed by atoms with Gasteiger partial charge in [0.05, 0.1) is 7.11 Å². The van der Waals surface area contributed by atoms with Crippen molar-refractivity contribution in [2.75, 3.05) is 0 Å². The highest BCUT2D eigenvalue weighted by Gasteiger charge is 2.79. The standard InChI is InChI=1S/C22H40OSi6/c1-24(2)26(5,6)29(10,22-17-15-20(19-23)16-18-22)27(7,8)25(3,4)28(24,9)21-13-11-12-14-21/h11-19,21H,1-10H3. The third-order valence-corrected chi connectivity index (χ3v) is 161. The largest absolute Gasteiger partial charge is 0.298 e. The van der Waals surface area contributed by atoms with E-state index in [4.69, 9.17) is 0 Å². The predicted molar refractivity (Wildman–Crippen MR) is 147 cm³/mol. The molecule has 0 unspecified atom stereocenters. The Morgan fingerprint density at radius 1 is 0.655 bits per heavy atom. The van der Waals surface area contributed by atoms with E-state index in [0.717, 1.165) is 17.4 Å². The lowest BCUT2D eigenvalue weighted by atomic mass is 10.2.